The Morgan fingerprint density at radius 1 is 1.28 bits per heavy atom. The van der Waals surface area contributed by atoms with E-state index in [0.717, 1.165) is 19.0 Å². The third kappa shape index (κ3) is 4.02. The predicted octanol–water partition coefficient (Wildman–Crippen LogP) is 3.35. The number of hydrogen-bond acceptors (Lipinski definition) is 1. The van der Waals surface area contributed by atoms with E-state index in [1.165, 1.54) is 24.0 Å². The molecule has 1 fully saturated rings. The van der Waals surface area contributed by atoms with Crippen LogP contribution in [0.15, 0.2) is 35.9 Å². The fraction of sp³-hybridized carbons (Fsp3) is 0.438. The average molecular weight is 243 g/mol. The molecule has 1 aliphatic rings. The van der Waals surface area contributed by atoms with Crippen LogP contribution in [-0.2, 0) is 4.79 Å². The molecule has 1 saturated carbocycles. The second kappa shape index (κ2) is 5.85. The van der Waals surface area contributed by atoms with Gasteiger partial charge in [0.2, 0.25) is 5.91 Å². The van der Waals surface area contributed by atoms with Gasteiger partial charge in [-0.3, -0.25) is 4.79 Å². The molecule has 0 aromatic heterocycles. The molecule has 1 aromatic carbocycles. The van der Waals surface area contributed by atoms with E-state index >= 15 is 0 Å². The average Bonchev–Trinajstić information content (AvgIpc) is 3.13. The molecule has 0 N–H and O–H groups in total. The first-order valence-electron chi connectivity index (χ1n) is 6.63. The minimum absolute atomic E-state index is 0.183. The van der Waals surface area contributed by atoms with Gasteiger partial charge in [-0.05, 0) is 31.2 Å². The molecule has 0 radical (unpaired) electrons. The van der Waals surface area contributed by atoms with Crippen LogP contribution in [0.4, 0.5) is 0 Å². The molecule has 2 nitrogen and oxygen atoms in total. The predicted molar refractivity (Wildman–Crippen MR) is 75.1 cm³/mol. The Bertz CT molecular complexity index is 432. The van der Waals surface area contributed by atoms with Gasteiger partial charge in [0, 0.05) is 20.0 Å². The fourth-order valence-corrected chi connectivity index (χ4v) is 2.10. The lowest BCUT2D eigenvalue weighted by Crippen LogP contribution is -2.32. The van der Waals surface area contributed by atoms with Gasteiger partial charge in [0.15, 0.2) is 0 Å². The van der Waals surface area contributed by atoms with Gasteiger partial charge >= 0.3 is 0 Å². The van der Waals surface area contributed by atoms with E-state index in [1.54, 1.807) is 6.92 Å². The number of nitrogens with zero attached hydrogens (tertiary/aromatic N) is 1. The van der Waals surface area contributed by atoms with Gasteiger partial charge in [0.25, 0.3) is 0 Å². The van der Waals surface area contributed by atoms with Crippen LogP contribution in [0, 0.1) is 5.92 Å². The quantitative estimate of drug-likeness (QED) is 0.776. The minimum Gasteiger partial charge on any atom is -0.339 e. The van der Waals surface area contributed by atoms with Crippen LogP contribution in [-0.4, -0.2) is 23.9 Å². The van der Waals surface area contributed by atoms with Crippen molar-refractivity contribution < 1.29 is 4.79 Å². The minimum atomic E-state index is 0.183. The Kier molecular flexibility index (Phi) is 4.19. The molecular weight excluding hydrogens is 222 g/mol. The summed E-state index contributed by atoms with van der Waals surface area (Å²) >= 11 is 0. The van der Waals surface area contributed by atoms with Crippen LogP contribution in [0.1, 0.15) is 32.3 Å². The smallest absolute Gasteiger partial charge is 0.219 e. The Morgan fingerprint density at radius 3 is 2.50 bits per heavy atom. The third-order valence-corrected chi connectivity index (χ3v) is 3.27. The summed E-state index contributed by atoms with van der Waals surface area (Å²) in [6.07, 6.45) is 4.72. The van der Waals surface area contributed by atoms with E-state index in [0.29, 0.717) is 0 Å². The first-order valence-corrected chi connectivity index (χ1v) is 6.63. The van der Waals surface area contributed by atoms with Crippen molar-refractivity contribution in [3.8, 4) is 0 Å². The normalized spacial score (nSPS) is 15.6. The highest BCUT2D eigenvalue weighted by molar-refractivity contribution is 5.73. The maximum Gasteiger partial charge on any atom is 0.219 e. The van der Waals surface area contributed by atoms with Gasteiger partial charge in [0.1, 0.15) is 0 Å². The molecular formula is C16H21NO. The number of amides is 1. The van der Waals surface area contributed by atoms with E-state index in [-0.39, 0.29) is 5.91 Å². The largest absolute Gasteiger partial charge is 0.339 e. The van der Waals surface area contributed by atoms with Crippen molar-refractivity contribution in [1.29, 1.82) is 0 Å². The third-order valence-electron chi connectivity index (χ3n) is 3.27. The van der Waals surface area contributed by atoms with Gasteiger partial charge in [-0.2, -0.15) is 0 Å². The highest BCUT2D eigenvalue weighted by Crippen LogP contribution is 2.30. The summed E-state index contributed by atoms with van der Waals surface area (Å²) in [4.78, 5) is 13.6. The van der Waals surface area contributed by atoms with Gasteiger partial charge in [-0.25, -0.2) is 0 Å². The summed E-state index contributed by atoms with van der Waals surface area (Å²) in [7, 11) is 0. The number of hydrogen-bond donors (Lipinski definition) is 0. The van der Waals surface area contributed by atoms with Crippen molar-refractivity contribution in [1.82, 2.24) is 4.90 Å². The van der Waals surface area contributed by atoms with Gasteiger partial charge in [0.05, 0.1) is 0 Å². The number of benzene rings is 1. The van der Waals surface area contributed by atoms with Crippen LogP contribution in [0.5, 0.6) is 0 Å². The zero-order valence-corrected chi connectivity index (χ0v) is 11.2. The summed E-state index contributed by atoms with van der Waals surface area (Å²) in [5, 5.41) is 0. The lowest BCUT2D eigenvalue weighted by molar-refractivity contribution is -0.128. The highest BCUT2D eigenvalue weighted by Gasteiger charge is 2.25. The SMILES string of the molecule is CC(=O)N(C/C(C)=C/c1ccccc1)CC1CC1. The van der Waals surface area contributed by atoms with E-state index in [9.17, 15) is 4.79 Å². The molecule has 1 aliphatic carbocycles. The Hall–Kier alpha value is -1.57. The van der Waals surface area contributed by atoms with Gasteiger partial charge < -0.3 is 4.90 Å². The Morgan fingerprint density at radius 2 is 1.94 bits per heavy atom. The molecule has 2 heteroatoms. The topological polar surface area (TPSA) is 20.3 Å². The standard InChI is InChI=1S/C16H21NO/c1-13(10-15-6-4-3-5-7-15)11-17(14(2)18)12-16-8-9-16/h3-7,10,16H,8-9,11-12H2,1-2H3/b13-10+. The second-order valence-electron chi connectivity index (χ2n) is 5.24. The second-order valence-corrected chi connectivity index (χ2v) is 5.24. The number of rotatable bonds is 5. The van der Waals surface area contributed by atoms with E-state index in [4.69, 9.17) is 0 Å². The van der Waals surface area contributed by atoms with E-state index in [1.807, 2.05) is 23.1 Å². The lowest BCUT2D eigenvalue weighted by Gasteiger charge is -2.21. The molecule has 0 unspecified atom stereocenters. The summed E-state index contributed by atoms with van der Waals surface area (Å²) in [5.74, 6) is 0.932. The summed E-state index contributed by atoms with van der Waals surface area (Å²) in [6.45, 7) is 5.43. The molecule has 0 aliphatic heterocycles. The number of carbonyl (C=O) groups excluding carboxylic acids is 1. The van der Waals surface area contributed by atoms with Crippen LogP contribution in [0.2, 0.25) is 0 Å². The summed E-state index contributed by atoms with van der Waals surface area (Å²) in [5.41, 5.74) is 2.43. The van der Waals surface area contributed by atoms with Crippen molar-refractivity contribution in [3.05, 3.63) is 41.5 Å². The Balaban J connectivity index is 1.97. The molecule has 18 heavy (non-hydrogen) atoms. The van der Waals surface area contributed by atoms with E-state index < -0.39 is 0 Å². The zero-order valence-electron chi connectivity index (χ0n) is 11.2. The highest BCUT2D eigenvalue weighted by atomic mass is 16.2. The molecule has 96 valence electrons. The fourth-order valence-electron chi connectivity index (χ4n) is 2.10. The van der Waals surface area contributed by atoms with Crippen molar-refractivity contribution in [2.24, 2.45) is 5.92 Å². The zero-order chi connectivity index (χ0) is 13.0. The summed E-state index contributed by atoms with van der Waals surface area (Å²) < 4.78 is 0. The number of carbonyl (C=O) groups is 1. The summed E-state index contributed by atoms with van der Waals surface area (Å²) in [6, 6.07) is 10.3. The Labute approximate surface area is 109 Å². The maximum atomic E-state index is 11.6. The molecule has 0 heterocycles. The van der Waals surface area contributed by atoms with E-state index in [2.05, 4.69) is 25.1 Å². The first kappa shape index (κ1) is 12.9. The van der Waals surface area contributed by atoms with Crippen LogP contribution in [0.25, 0.3) is 6.08 Å². The van der Waals surface area contributed by atoms with Crippen LogP contribution in [0.3, 0.4) is 0 Å². The monoisotopic (exact) mass is 243 g/mol. The molecule has 0 saturated heterocycles. The molecule has 0 bridgehead atoms. The maximum absolute atomic E-state index is 11.6. The molecule has 1 aromatic rings. The van der Waals surface area contributed by atoms with Crippen molar-refractivity contribution in [3.63, 3.8) is 0 Å². The van der Waals surface area contributed by atoms with Gasteiger partial charge in [-0.15, -0.1) is 0 Å². The molecule has 0 atom stereocenters. The van der Waals surface area contributed by atoms with Gasteiger partial charge in [-0.1, -0.05) is 42.0 Å². The first-order chi connectivity index (χ1) is 8.65. The molecule has 1 amide bonds. The van der Waals surface area contributed by atoms with Crippen molar-refractivity contribution in [2.75, 3.05) is 13.1 Å². The molecule has 0 spiro atoms. The molecule has 2 rings (SSSR count). The van der Waals surface area contributed by atoms with Crippen molar-refractivity contribution in [2.45, 2.75) is 26.7 Å². The van der Waals surface area contributed by atoms with Crippen LogP contribution >= 0.6 is 0 Å². The van der Waals surface area contributed by atoms with Crippen LogP contribution < -0.4 is 0 Å². The van der Waals surface area contributed by atoms with Crippen molar-refractivity contribution >= 4 is 12.0 Å². The lowest BCUT2D eigenvalue weighted by atomic mass is 10.1.